The minimum atomic E-state index is -0.215. The maximum absolute atomic E-state index is 13.1. The zero-order chi connectivity index (χ0) is 16.9. The van der Waals surface area contributed by atoms with E-state index in [0.717, 1.165) is 30.6 Å². The minimum Gasteiger partial charge on any atom is -0.481 e. The SMILES string of the molecule is COc1cccc(CN(C)[C@@H]2CCO[C@H](c3ccc(F)cc3)C2)n1. The second-order valence-electron chi connectivity index (χ2n) is 6.18. The minimum absolute atomic E-state index is 0.0186. The predicted molar refractivity (Wildman–Crippen MR) is 90.4 cm³/mol. The van der Waals surface area contributed by atoms with Gasteiger partial charge in [-0.25, -0.2) is 9.37 Å². The molecule has 0 spiro atoms. The zero-order valence-electron chi connectivity index (χ0n) is 14.1. The molecule has 0 radical (unpaired) electrons. The van der Waals surface area contributed by atoms with Gasteiger partial charge in [-0.1, -0.05) is 18.2 Å². The number of pyridine rings is 1. The Morgan fingerprint density at radius 1 is 1.25 bits per heavy atom. The summed E-state index contributed by atoms with van der Waals surface area (Å²) in [6.07, 6.45) is 1.90. The highest BCUT2D eigenvalue weighted by atomic mass is 19.1. The van der Waals surface area contributed by atoms with E-state index < -0.39 is 0 Å². The maximum Gasteiger partial charge on any atom is 0.213 e. The van der Waals surface area contributed by atoms with Crippen LogP contribution in [0.2, 0.25) is 0 Å². The number of hydrogen-bond acceptors (Lipinski definition) is 4. The van der Waals surface area contributed by atoms with Crippen molar-refractivity contribution in [2.24, 2.45) is 0 Å². The largest absolute Gasteiger partial charge is 0.481 e. The van der Waals surface area contributed by atoms with Crippen LogP contribution in [-0.2, 0) is 11.3 Å². The van der Waals surface area contributed by atoms with Crippen molar-refractivity contribution in [2.75, 3.05) is 20.8 Å². The maximum atomic E-state index is 13.1. The fraction of sp³-hybridized carbons (Fsp3) is 0.421. The van der Waals surface area contributed by atoms with Gasteiger partial charge in [0.25, 0.3) is 0 Å². The second-order valence-corrected chi connectivity index (χ2v) is 6.18. The van der Waals surface area contributed by atoms with E-state index in [1.165, 1.54) is 12.1 Å². The molecule has 0 N–H and O–H groups in total. The molecule has 0 unspecified atom stereocenters. The third-order valence-corrected chi connectivity index (χ3v) is 4.52. The molecular weight excluding hydrogens is 307 g/mol. The van der Waals surface area contributed by atoms with Crippen molar-refractivity contribution in [3.05, 3.63) is 59.5 Å². The van der Waals surface area contributed by atoms with Gasteiger partial charge in [-0.2, -0.15) is 0 Å². The monoisotopic (exact) mass is 330 g/mol. The number of rotatable bonds is 5. The summed E-state index contributed by atoms with van der Waals surface area (Å²) < 4.78 is 24.2. The summed E-state index contributed by atoms with van der Waals surface area (Å²) in [7, 11) is 3.74. The lowest BCUT2D eigenvalue weighted by atomic mass is 9.96. The van der Waals surface area contributed by atoms with E-state index in [9.17, 15) is 4.39 Å². The molecule has 128 valence electrons. The van der Waals surface area contributed by atoms with Gasteiger partial charge in [-0.05, 0) is 43.7 Å². The molecule has 1 aliphatic heterocycles. The van der Waals surface area contributed by atoms with Gasteiger partial charge in [-0.3, -0.25) is 4.90 Å². The molecule has 0 saturated carbocycles. The molecule has 2 heterocycles. The summed E-state index contributed by atoms with van der Waals surface area (Å²) in [4.78, 5) is 6.78. The number of halogens is 1. The van der Waals surface area contributed by atoms with Crippen molar-refractivity contribution in [2.45, 2.75) is 31.5 Å². The molecule has 1 aromatic heterocycles. The van der Waals surface area contributed by atoms with Crippen molar-refractivity contribution in [1.29, 1.82) is 0 Å². The number of nitrogens with zero attached hydrogens (tertiary/aromatic N) is 2. The molecule has 2 aromatic rings. The Kier molecular flexibility index (Phi) is 5.43. The fourth-order valence-electron chi connectivity index (χ4n) is 3.13. The van der Waals surface area contributed by atoms with Crippen LogP contribution in [0.5, 0.6) is 5.88 Å². The van der Waals surface area contributed by atoms with Gasteiger partial charge in [0.15, 0.2) is 0 Å². The van der Waals surface area contributed by atoms with Crippen LogP contribution in [0.4, 0.5) is 4.39 Å². The summed E-state index contributed by atoms with van der Waals surface area (Å²) in [6.45, 7) is 1.47. The van der Waals surface area contributed by atoms with Crippen LogP contribution in [0.25, 0.3) is 0 Å². The molecule has 0 aliphatic carbocycles. The highest BCUT2D eigenvalue weighted by Crippen LogP contribution is 2.30. The van der Waals surface area contributed by atoms with Crippen molar-refractivity contribution in [3.8, 4) is 5.88 Å². The lowest BCUT2D eigenvalue weighted by molar-refractivity contribution is -0.0251. The summed E-state index contributed by atoms with van der Waals surface area (Å²) >= 11 is 0. The van der Waals surface area contributed by atoms with Crippen LogP contribution < -0.4 is 4.74 Å². The van der Waals surface area contributed by atoms with E-state index in [1.807, 2.05) is 30.3 Å². The van der Waals surface area contributed by atoms with Gasteiger partial charge in [0.1, 0.15) is 5.82 Å². The van der Waals surface area contributed by atoms with Crippen LogP contribution in [0, 0.1) is 5.82 Å². The highest BCUT2D eigenvalue weighted by molar-refractivity contribution is 5.19. The molecule has 5 heteroatoms. The quantitative estimate of drug-likeness (QED) is 0.839. The van der Waals surface area contributed by atoms with E-state index in [2.05, 4.69) is 16.9 Å². The summed E-state index contributed by atoms with van der Waals surface area (Å²) in [6, 6.07) is 12.8. The lowest BCUT2D eigenvalue weighted by Crippen LogP contribution is -2.37. The highest BCUT2D eigenvalue weighted by Gasteiger charge is 2.26. The molecule has 3 rings (SSSR count). The molecule has 4 nitrogen and oxygen atoms in total. The van der Waals surface area contributed by atoms with Crippen molar-refractivity contribution in [3.63, 3.8) is 0 Å². The van der Waals surface area contributed by atoms with Crippen molar-refractivity contribution >= 4 is 0 Å². The Morgan fingerprint density at radius 3 is 2.79 bits per heavy atom. The molecular formula is C19H23FN2O2. The Bertz CT molecular complexity index is 663. The number of aromatic nitrogens is 1. The molecule has 2 atom stereocenters. The zero-order valence-corrected chi connectivity index (χ0v) is 14.1. The first-order valence-electron chi connectivity index (χ1n) is 8.23. The van der Waals surface area contributed by atoms with E-state index in [1.54, 1.807) is 7.11 Å². The normalized spacial score (nSPS) is 21.0. The first kappa shape index (κ1) is 16.9. The average molecular weight is 330 g/mol. The number of methoxy groups -OCH3 is 1. The Morgan fingerprint density at radius 2 is 2.04 bits per heavy atom. The molecule has 24 heavy (non-hydrogen) atoms. The summed E-state index contributed by atoms with van der Waals surface area (Å²) in [5, 5.41) is 0. The third kappa shape index (κ3) is 4.10. The van der Waals surface area contributed by atoms with Crippen molar-refractivity contribution in [1.82, 2.24) is 9.88 Å². The van der Waals surface area contributed by atoms with Crippen LogP contribution in [0.15, 0.2) is 42.5 Å². The molecule has 1 aromatic carbocycles. The van der Waals surface area contributed by atoms with Gasteiger partial charge < -0.3 is 9.47 Å². The van der Waals surface area contributed by atoms with Gasteiger partial charge >= 0.3 is 0 Å². The number of ether oxygens (including phenoxy) is 2. The van der Waals surface area contributed by atoms with Crippen LogP contribution in [0.3, 0.4) is 0 Å². The molecule has 1 fully saturated rings. The number of hydrogen-bond donors (Lipinski definition) is 0. The second kappa shape index (κ2) is 7.73. The Hall–Kier alpha value is -1.98. The Balaban J connectivity index is 1.64. The lowest BCUT2D eigenvalue weighted by Gasteiger charge is -2.35. The van der Waals surface area contributed by atoms with E-state index in [-0.39, 0.29) is 11.9 Å². The predicted octanol–water partition coefficient (Wildman–Crippen LogP) is 3.58. The topological polar surface area (TPSA) is 34.6 Å². The first-order valence-corrected chi connectivity index (χ1v) is 8.23. The fourth-order valence-corrected chi connectivity index (χ4v) is 3.13. The molecule has 1 aliphatic rings. The standard InChI is InChI=1S/C19H23FN2O2/c1-22(13-16-4-3-5-19(21-16)23-2)17-10-11-24-18(12-17)14-6-8-15(20)9-7-14/h3-9,17-18H,10-13H2,1-2H3/t17-,18+/m1/s1. The van der Waals surface area contributed by atoms with Gasteiger partial charge in [0, 0.05) is 25.3 Å². The third-order valence-electron chi connectivity index (χ3n) is 4.52. The first-order chi connectivity index (χ1) is 11.7. The van der Waals surface area contributed by atoms with Crippen LogP contribution >= 0.6 is 0 Å². The van der Waals surface area contributed by atoms with Gasteiger partial charge in [-0.15, -0.1) is 0 Å². The van der Waals surface area contributed by atoms with Crippen LogP contribution in [0.1, 0.15) is 30.2 Å². The summed E-state index contributed by atoms with van der Waals surface area (Å²) in [5.41, 5.74) is 2.02. The molecule has 0 amide bonds. The van der Waals surface area contributed by atoms with E-state index in [4.69, 9.17) is 9.47 Å². The average Bonchev–Trinajstić information content (AvgIpc) is 2.62. The molecule has 0 bridgehead atoms. The van der Waals surface area contributed by atoms with Crippen molar-refractivity contribution < 1.29 is 13.9 Å². The molecule has 1 saturated heterocycles. The smallest absolute Gasteiger partial charge is 0.213 e. The van der Waals surface area contributed by atoms with Gasteiger partial charge in [0.2, 0.25) is 5.88 Å². The van der Waals surface area contributed by atoms with E-state index >= 15 is 0 Å². The summed E-state index contributed by atoms with van der Waals surface area (Å²) in [5.74, 6) is 0.421. The Labute approximate surface area is 142 Å². The number of benzene rings is 1. The van der Waals surface area contributed by atoms with Gasteiger partial charge in [0.05, 0.1) is 18.9 Å². The van der Waals surface area contributed by atoms with Crippen LogP contribution in [-0.4, -0.2) is 36.7 Å². The van der Waals surface area contributed by atoms with E-state index in [0.29, 0.717) is 18.5 Å².